The van der Waals surface area contributed by atoms with Crippen LogP contribution in [-0.2, 0) is 6.54 Å². The molecule has 0 bridgehead atoms. The first-order valence-electron chi connectivity index (χ1n) is 2.79. The van der Waals surface area contributed by atoms with E-state index in [2.05, 4.69) is 22.0 Å². The molecule has 10 heavy (non-hydrogen) atoms. The third-order valence-electron chi connectivity index (χ3n) is 1.00. The fourth-order valence-electron chi connectivity index (χ4n) is 0.651. The molecule has 0 unspecified atom stereocenters. The Labute approximate surface area is 77.8 Å². The van der Waals surface area contributed by atoms with Crippen LogP contribution in [0.4, 0.5) is 0 Å². The Morgan fingerprint density at radius 2 is 2.40 bits per heavy atom. The first kappa shape index (κ1) is 8.53. The molecular formula is C6H7BrClNS. The maximum Gasteiger partial charge on any atom is 0.0701 e. The summed E-state index contributed by atoms with van der Waals surface area (Å²) in [7, 11) is 1.84. The van der Waals surface area contributed by atoms with Crippen molar-refractivity contribution in [2.24, 2.45) is 0 Å². The Kier molecular flexibility index (Phi) is 3.17. The molecule has 0 radical (unpaired) electrons. The second kappa shape index (κ2) is 3.72. The Morgan fingerprint density at radius 1 is 1.70 bits per heavy atom. The number of hydrogen-bond acceptors (Lipinski definition) is 2. The molecule has 0 atom stereocenters. The van der Waals surface area contributed by atoms with E-state index in [4.69, 9.17) is 11.8 Å². The summed E-state index contributed by atoms with van der Waals surface area (Å²) in [6.45, 7) is 0.803. The number of nitrogens with zero attached hydrogens (tertiary/aromatic N) is 1. The van der Waals surface area contributed by atoms with Crippen LogP contribution in [-0.4, -0.2) is 11.5 Å². The van der Waals surface area contributed by atoms with Gasteiger partial charge in [0, 0.05) is 18.5 Å². The smallest absolute Gasteiger partial charge is 0.0701 e. The minimum atomic E-state index is 0.803. The molecule has 0 aromatic carbocycles. The molecule has 0 fully saturated rings. The first-order chi connectivity index (χ1) is 4.68. The summed E-state index contributed by atoms with van der Waals surface area (Å²) >= 11 is 10.7. The van der Waals surface area contributed by atoms with Gasteiger partial charge in [0.2, 0.25) is 0 Å². The monoisotopic (exact) mass is 239 g/mol. The quantitative estimate of drug-likeness (QED) is 0.718. The van der Waals surface area contributed by atoms with Crippen LogP contribution in [0.1, 0.15) is 4.88 Å². The lowest BCUT2D eigenvalue weighted by atomic mass is 10.5. The maximum atomic E-state index is 5.65. The molecule has 0 aliphatic rings. The van der Waals surface area contributed by atoms with Crippen LogP contribution in [0, 0.1) is 0 Å². The van der Waals surface area contributed by atoms with Gasteiger partial charge >= 0.3 is 0 Å². The van der Waals surface area contributed by atoms with Crippen molar-refractivity contribution in [3.8, 4) is 0 Å². The van der Waals surface area contributed by atoms with Crippen molar-refractivity contribution >= 4 is 39.0 Å². The van der Waals surface area contributed by atoms with Crippen molar-refractivity contribution in [1.82, 2.24) is 4.42 Å². The van der Waals surface area contributed by atoms with Crippen molar-refractivity contribution < 1.29 is 0 Å². The van der Waals surface area contributed by atoms with Crippen molar-refractivity contribution in [3.05, 3.63) is 20.8 Å². The largest absolute Gasteiger partial charge is 0.218 e. The third kappa shape index (κ3) is 2.58. The summed E-state index contributed by atoms with van der Waals surface area (Å²) in [6, 6.07) is 4.09. The highest BCUT2D eigenvalue weighted by molar-refractivity contribution is 9.11. The lowest BCUT2D eigenvalue weighted by Gasteiger charge is -2.01. The SMILES string of the molecule is CN(Cl)Cc1ccc(Br)s1. The van der Waals surface area contributed by atoms with E-state index < -0.39 is 0 Å². The molecule has 0 amide bonds. The van der Waals surface area contributed by atoms with Crippen molar-refractivity contribution in [2.45, 2.75) is 6.54 Å². The Bertz CT molecular complexity index is 211. The van der Waals surface area contributed by atoms with E-state index in [0.29, 0.717) is 0 Å². The van der Waals surface area contributed by atoms with Gasteiger partial charge in [-0.1, -0.05) is 0 Å². The molecule has 0 spiro atoms. The second-order valence-corrected chi connectivity index (χ2v) is 5.09. The van der Waals surface area contributed by atoms with E-state index in [0.717, 1.165) is 10.3 Å². The highest BCUT2D eigenvalue weighted by Gasteiger charge is 1.98. The molecule has 1 heterocycles. The van der Waals surface area contributed by atoms with Crippen molar-refractivity contribution in [1.29, 1.82) is 0 Å². The minimum Gasteiger partial charge on any atom is -0.218 e. The van der Waals surface area contributed by atoms with Crippen LogP contribution in [0.2, 0.25) is 0 Å². The van der Waals surface area contributed by atoms with Crippen LogP contribution in [0.25, 0.3) is 0 Å². The molecule has 0 N–H and O–H groups in total. The van der Waals surface area contributed by atoms with Gasteiger partial charge in [-0.05, 0) is 39.8 Å². The van der Waals surface area contributed by atoms with Crippen molar-refractivity contribution in [2.75, 3.05) is 7.05 Å². The first-order valence-corrected chi connectivity index (χ1v) is 4.74. The van der Waals surface area contributed by atoms with Gasteiger partial charge in [-0.25, -0.2) is 4.42 Å². The molecule has 4 heteroatoms. The molecule has 56 valence electrons. The van der Waals surface area contributed by atoms with Crippen LogP contribution in [0.3, 0.4) is 0 Å². The van der Waals surface area contributed by atoms with Crippen LogP contribution in [0.15, 0.2) is 15.9 Å². The van der Waals surface area contributed by atoms with E-state index in [1.54, 1.807) is 15.8 Å². The highest BCUT2D eigenvalue weighted by Crippen LogP contribution is 2.23. The minimum absolute atomic E-state index is 0.803. The Hall–Kier alpha value is 0.430. The number of hydrogen-bond donors (Lipinski definition) is 0. The molecule has 0 aliphatic carbocycles. The average molecular weight is 241 g/mol. The molecule has 0 saturated heterocycles. The summed E-state index contributed by atoms with van der Waals surface area (Å²) in [5.74, 6) is 0. The van der Waals surface area contributed by atoms with Crippen LogP contribution < -0.4 is 0 Å². The number of rotatable bonds is 2. The van der Waals surface area contributed by atoms with E-state index in [1.807, 2.05) is 13.1 Å². The normalized spacial score (nSPS) is 10.8. The fraction of sp³-hybridized carbons (Fsp3) is 0.333. The molecule has 0 aliphatic heterocycles. The standard InChI is InChI=1S/C6H7BrClNS/c1-9(8)4-5-2-3-6(7)10-5/h2-3H,4H2,1H3. The molecular weight excluding hydrogens is 233 g/mol. The topological polar surface area (TPSA) is 3.24 Å². The summed E-state index contributed by atoms with van der Waals surface area (Å²) in [6.07, 6.45) is 0. The summed E-state index contributed by atoms with van der Waals surface area (Å²) in [4.78, 5) is 1.27. The van der Waals surface area contributed by atoms with Gasteiger partial charge < -0.3 is 0 Å². The van der Waals surface area contributed by atoms with Gasteiger partial charge in [0.05, 0.1) is 3.79 Å². The van der Waals surface area contributed by atoms with Gasteiger partial charge in [-0.3, -0.25) is 0 Å². The lowest BCUT2D eigenvalue weighted by Crippen LogP contribution is -2.01. The molecule has 1 aromatic heterocycles. The van der Waals surface area contributed by atoms with Crippen molar-refractivity contribution in [3.63, 3.8) is 0 Å². The van der Waals surface area contributed by atoms with E-state index >= 15 is 0 Å². The maximum absolute atomic E-state index is 5.65. The van der Waals surface area contributed by atoms with E-state index in [9.17, 15) is 0 Å². The predicted octanol–water partition coefficient (Wildman–Crippen LogP) is 3.10. The van der Waals surface area contributed by atoms with E-state index in [1.165, 1.54) is 4.88 Å². The third-order valence-corrected chi connectivity index (χ3v) is 2.73. The summed E-state index contributed by atoms with van der Waals surface area (Å²) < 4.78 is 2.79. The van der Waals surface area contributed by atoms with Gasteiger partial charge in [0.25, 0.3) is 0 Å². The Morgan fingerprint density at radius 3 is 2.80 bits per heavy atom. The van der Waals surface area contributed by atoms with Gasteiger partial charge in [-0.2, -0.15) is 0 Å². The van der Waals surface area contributed by atoms with Crippen LogP contribution in [0.5, 0.6) is 0 Å². The van der Waals surface area contributed by atoms with E-state index in [-0.39, 0.29) is 0 Å². The molecule has 1 nitrogen and oxygen atoms in total. The Balaban J connectivity index is 2.58. The highest BCUT2D eigenvalue weighted by atomic mass is 79.9. The predicted molar refractivity (Wildman–Crippen MR) is 49.3 cm³/mol. The summed E-state index contributed by atoms with van der Waals surface area (Å²) in [5.41, 5.74) is 0. The van der Waals surface area contributed by atoms with Crippen LogP contribution >= 0.6 is 39.0 Å². The van der Waals surface area contributed by atoms with Gasteiger partial charge in [0.15, 0.2) is 0 Å². The van der Waals surface area contributed by atoms with Gasteiger partial charge in [0.1, 0.15) is 0 Å². The average Bonchev–Trinajstić information content (AvgIpc) is 2.13. The zero-order chi connectivity index (χ0) is 7.56. The molecule has 1 rings (SSSR count). The lowest BCUT2D eigenvalue weighted by molar-refractivity contribution is 0.552. The summed E-state index contributed by atoms with van der Waals surface area (Å²) in [5, 5.41) is 0. The zero-order valence-corrected chi connectivity index (χ0v) is 8.63. The zero-order valence-electron chi connectivity index (χ0n) is 5.47. The number of thiophene rings is 1. The molecule has 1 aromatic rings. The second-order valence-electron chi connectivity index (χ2n) is 1.97. The van der Waals surface area contributed by atoms with Gasteiger partial charge in [-0.15, -0.1) is 11.3 Å². The fourth-order valence-corrected chi connectivity index (χ4v) is 2.39. The molecule has 0 saturated carbocycles. The number of halogens is 2.